The molecule has 0 aliphatic heterocycles. The molecule has 1 saturated carbocycles. The number of aromatic nitrogens is 2. The van der Waals surface area contributed by atoms with Crippen LogP contribution in [0.5, 0.6) is 0 Å². The molecule has 1 heterocycles. The summed E-state index contributed by atoms with van der Waals surface area (Å²) in [6.07, 6.45) is 4.68. The van der Waals surface area contributed by atoms with Crippen molar-refractivity contribution in [2.24, 2.45) is 11.8 Å². The molecule has 2 unspecified atom stereocenters. The Morgan fingerprint density at radius 2 is 2.11 bits per heavy atom. The maximum Gasteiger partial charge on any atom is 0.323 e. The van der Waals surface area contributed by atoms with Crippen LogP contribution in [-0.4, -0.2) is 33.5 Å². The number of hydrogen-bond donors (Lipinski definition) is 4. The van der Waals surface area contributed by atoms with Gasteiger partial charge in [-0.3, -0.25) is 9.59 Å². The van der Waals surface area contributed by atoms with Gasteiger partial charge in [0.1, 0.15) is 5.69 Å². The molecule has 0 bridgehead atoms. The number of nitrogens with one attached hydrogen (secondary N) is 3. The summed E-state index contributed by atoms with van der Waals surface area (Å²) in [7, 11) is 0. The Balaban J connectivity index is 1.91. The lowest BCUT2D eigenvalue weighted by Gasteiger charge is -2.28. The number of rotatable bonds is 4. The lowest BCUT2D eigenvalue weighted by Crippen LogP contribution is -2.37. The molecule has 1 fully saturated rings. The van der Waals surface area contributed by atoms with E-state index in [1.807, 2.05) is 0 Å². The maximum absolute atomic E-state index is 11.7. The van der Waals surface area contributed by atoms with Crippen LogP contribution in [0.15, 0.2) is 11.0 Å². The quantitative estimate of drug-likeness (QED) is 0.629. The minimum atomic E-state index is -0.797. The lowest BCUT2D eigenvalue weighted by atomic mass is 9.79. The monoisotopic (exact) mass is 267 g/mol. The Hall–Kier alpha value is -2.05. The van der Waals surface area contributed by atoms with Crippen molar-refractivity contribution in [3.05, 3.63) is 22.4 Å². The summed E-state index contributed by atoms with van der Waals surface area (Å²) >= 11 is 0. The molecule has 1 aromatic rings. The smallest absolute Gasteiger partial charge is 0.323 e. The van der Waals surface area contributed by atoms with Gasteiger partial charge in [0.25, 0.3) is 5.91 Å². The van der Waals surface area contributed by atoms with E-state index in [4.69, 9.17) is 5.11 Å². The first-order chi connectivity index (χ1) is 9.08. The van der Waals surface area contributed by atoms with E-state index in [1.54, 1.807) is 0 Å². The fraction of sp³-hybridized carbons (Fsp3) is 0.583. The molecule has 1 aliphatic carbocycles. The van der Waals surface area contributed by atoms with Crippen molar-refractivity contribution in [2.45, 2.75) is 25.7 Å². The fourth-order valence-electron chi connectivity index (χ4n) is 2.55. The minimum Gasteiger partial charge on any atom is -0.481 e. The number of aliphatic carboxylic acids is 1. The van der Waals surface area contributed by atoms with E-state index in [1.165, 1.54) is 6.20 Å². The molecule has 104 valence electrons. The van der Waals surface area contributed by atoms with Crippen molar-refractivity contribution in [3.63, 3.8) is 0 Å². The number of H-pyrrole nitrogens is 2. The molecular formula is C12H17N3O4. The van der Waals surface area contributed by atoms with Gasteiger partial charge in [-0.1, -0.05) is 12.8 Å². The van der Waals surface area contributed by atoms with E-state index < -0.39 is 17.6 Å². The highest BCUT2D eigenvalue weighted by atomic mass is 16.4. The zero-order valence-electron chi connectivity index (χ0n) is 10.4. The molecule has 7 nitrogen and oxygen atoms in total. The number of carboxylic acid groups (broad SMARTS) is 1. The largest absolute Gasteiger partial charge is 0.481 e. The number of aromatic amines is 2. The molecule has 0 radical (unpaired) electrons. The number of amides is 1. The molecule has 19 heavy (non-hydrogen) atoms. The van der Waals surface area contributed by atoms with Crippen LogP contribution in [0.4, 0.5) is 0 Å². The predicted octanol–water partition coefficient (Wildman–Crippen LogP) is 0.324. The van der Waals surface area contributed by atoms with Crippen LogP contribution in [0.25, 0.3) is 0 Å². The number of imidazole rings is 1. The van der Waals surface area contributed by atoms with Crippen molar-refractivity contribution in [1.29, 1.82) is 0 Å². The first-order valence-corrected chi connectivity index (χ1v) is 6.36. The van der Waals surface area contributed by atoms with Crippen molar-refractivity contribution < 1.29 is 14.7 Å². The molecule has 1 aromatic heterocycles. The third-order valence-electron chi connectivity index (χ3n) is 3.59. The number of carbonyl (C=O) groups is 2. The molecule has 0 saturated heterocycles. The van der Waals surface area contributed by atoms with E-state index in [0.29, 0.717) is 13.0 Å². The molecule has 1 amide bonds. The molecule has 0 spiro atoms. The van der Waals surface area contributed by atoms with Crippen LogP contribution in [0, 0.1) is 11.8 Å². The zero-order chi connectivity index (χ0) is 13.8. The van der Waals surface area contributed by atoms with Gasteiger partial charge in [0.05, 0.1) is 5.92 Å². The number of carbonyl (C=O) groups excluding carboxylic acids is 1. The molecule has 4 N–H and O–H groups in total. The molecule has 7 heteroatoms. The number of carboxylic acids is 1. The van der Waals surface area contributed by atoms with Crippen LogP contribution < -0.4 is 11.0 Å². The highest BCUT2D eigenvalue weighted by molar-refractivity contribution is 5.91. The summed E-state index contributed by atoms with van der Waals surface area (Å²) in [5.41, 5.74) is -0.279. The first-order valence-electron chi connectivity index (χ1n) is 6.36. The molecule has 0 aromatic carbocycles. The maximum atomic E-state index is 11.7. The minimum absolute atomic E-state index is 0.0409. The van der Waals surface area contributed by atoms with Crippen LogP contribution in [-0.2, 0) is 4.79 Å². The highest BCUT2D eigenvalue weighted by Gasteiger charge is 2.30. The second-order valence-electron chi connectivity index (χ2n) is 4.86. The Bertz CT molecular complexity index is 519. The third-order valence-corrected chi connectivity index (χ3v) is 3.59. The van der Waals surface area contributed by atoms with E-state index in [2.05, 4.69) is 15.3 Å². The summed E-state index contributed by atoms with van der Waals surface area (Å²) in [4.78, 5) is 38.4. The van der Waals surface area contributed by atoms with Crippen molar-refractivity contribution in [3.8, 4) is 0 Å². The van der Waals surface area contributed by atoms with Gasteiger partial charge in [-0.15, -0.1) is 0 Å². The summed E-state index contributed by atoms with van der Waals surface area (Å²) < 4.78 is 0. The SMILES string of the molecule is O=C(NCC1CCCCC1C(=O)O)c1c[nH]c(=O)[nH]1. The lowest BCUT2D eigenvalue weighted by molar-refractivity contribution is -0.144. The second-order valence-corrected chi connectivity index (χ2v) is 4.86. The third kappa shape index (κ3) is 3.24. The molecule has 1 aliphatic rings. The van der Waals surface area contributed by atoms with Crippen molar-refractivity contribution >= 4 is 11.9 Å². The van der Waals surface area contributed by atoms with Gasteiger partial charge >= 0.3 is 11.7 Å². The summed E-state index contributed by atoms with van der Waals surface area (Å²) in [6, 6.07) is 0. The summed E-state index contributed by atoms with van der Waals surface area (Å²) in [5.74, 6) is -1.62. The standard InChI is InChI=1S/C12H17N3O4/c16-10(9-6-14-12(19)15-9)13-5-7-3-1-2-4-8(7)11(17)18/h6-8H,1-5H2,(H,13,16)(H,17,18)(H2,14,15,19). The molecule has 2 atom stereocenters. The molecule has 2 rings (SSSR count). The van der Waals surface area contributed by atoms with Gasteiger partial charge in [0, 0.05) is 12.7 Å². The van der Waals surface area contributed by atoms with Gasteiger partial charge in [0.15, 0.2) is 0 Å². The zero-order valence-corrected chi connectivity index (χ0v) is 10.4. The Morgan fingerprint density at radius 3 is 2.74 bits per heavy atom. The van der Waals surface area contributed by atoms with Crippen LogP contribution in [0.3, 0.4) is 0 Å². The highest BCUT2D eigenvalue weighted by Crippen LogP contribution is 2.29. The second kappa shape index (κ2) is 5.73. The normalized spacial score (nSPS) is 22.9. The number of hydrogen-bond acceptors (Lipinski definition) is 3. The molecular weight excluding hydrogens is 250 g/mol. The van der Waals surface area contributed by atoms with Crippen molar-refractivity contribution in [2.75, 3.05) is 6.54 Å². The topological polar surface area (TPSA) is 115 Å². The average molecular weight is 267 g/mol. The van der Waals surface area contributed by atoms with Gasteiger partial charge in [-0.25, -0.2) is 4.79 Å². The van der Waals surface area contributed by atoms with E-state index in [-0.39, 0.29) is 17.5 Å². The fourth-order valence-corrected chi connectivity index (χ4v) is 2.55. The predicted molar refractivity (Wildman–Crippen MR) is 66.8 cm³/mol. The van der Waals surface area contributed by atoms with Crippen molar-refractivity contribution in [1.82, 2.24) is 15.3 Å². The first kappa shape index (κ1) is 13.4. The van der Waals surface area contributed by atoms with Gasteiger partial charge in [-0.05, 0) is 18.8 Å². The average Bonchev–Trinajstić information content (AvgIpc) is 2.83. The van der Waals surface area contributed by atoms with E-state index in [9.17, 15) is 14.4 Å². The van der Waals surface area contributed by atoms with Gasteiger partial charge < -0.3 is 20.4 Å². The Kier molecular flexibility index (Phi) is 4.03. The van der Waals surface area contributed by atoms with E-state index >= 15 is 0 Å². The van der Waals surface area contributed by atoms with Crippen LogP contribution in [0.2, 0.25) is 0 Å². The van der Waals surface area contributed by atoms with Crippen LogP contribution >= 0.6 is 0 Å². The van der Waals surface area contributed by atoms with Crippen LogP contribution in [0.1, 0.15) is 36.2 Å². The Morgan fingerprint density at radius 1 is 1.37 bits per heavy atom. The van der Waals surface area contributed by atoms with Gasteiger partial charge in [0.2, 0.25) is 0 Å². The summed E-state index contributed by atoms with van der Waals surface area (Å²) in [6.45, 7) is 0.322. The van der Waals surface area contributed by atoms with Gasteiger partial charge in [-0.2, -0.15) is 0 Å². The summed E-state index contributed by atoms with van der Waals surface area (Å²) in [5, 5.41) is 11.8. The Labute approximate surface area is 109 Å². The van der Waals surface area contributed by atoms with E-state index in [0.717, 1.165) is 19.3 Å².